The number of halogens is 1. The molecular formula is C19H19FN2O6. The standard InChI is InChI=1S/C19H19FN2O6/c1-3-27-17-9-6-14(10-16(17)22(25)26)19(24)28-12(2)18(23)21-11-13-4-7-15(20)8-5-13/h4-10,12H,3,11H2,1-2H3,(H,21,23)/t12-/m0/s1. The zero-order valence-corrected chi connectivity index (χ0v) is 15.3. The highest BCUT2D eigenvalue weighted by Crippen LogP contribution is 2.28. The number of ether oxygens (including phenoxy) is 2. The molecule has 0 unspecified atom stereocenters. The maximum atomic E-state index is 12.9. The van der Waals surface area contributed by atoms with E-state index in [1.54, 1.807) is 6.92 Å². The Morgan fingerprint density at radius 1 is 1.21 bits per heavy atom. The van der Waals surface area contributed by atoms with Gasteiger partial charge in [0.15, 0.2) is 11.9 Å². The summed E-state index contributed by atoms with van der Waals surface area (Å²) in [5.41, 5.74) is 0.230. The van der Waals surface area contributed by atoms with Crippen LogP contribution in [0.1, 0.15) is 29.8 Å². The Morgan fingerprint density at radius 3 is 2.50 bits per heavy atom. The van der Waals surface area contributed by atoms with E-state index < -0.39 is 22.9 Å². The summed E-state index contributed by atoms with van der Waals surface area (Å²) in [6.45, 7) is 3.42. The van der Waals surface area contributed by atoms with Crippen LogP contribution in [0.4, 0.5) is 10.1 Å². The lowest BCUT2D eigenvalue weighted by Crippen LogP contribution is -2.35. The summed E-state index contributed by atoms with van der Waals surface area (Å²) < 4.78 is 23.1. The number of hydrogen-bond acceptors (Lipinski definition) is 6. The van der Waals surface area contributed by atoms with Gasteiger partial charge in [-0.05, 0) is 43.7 Å². The van der Waals surface area contributed by atoms with E-state index in [0.717, 1.165) is 6.07 Å². The molecule has 8 nitrogen and oxygen atoms in total. The van der Waals surface area contributed by atoms with Gasteiger partial charge in [-0.25, -0.2) is 9.18 Å². The number of esters is 1. The Hall–Kier alpha value is -3.49. The lowest BCUT2D eigenvalue weighted by atomic mass is 10.2. The molecule has 0 aliphatic rings. The molecule has 0 bridgehead atoms. The minimum Gasteiger partial charge on any atom is -0.487 e. The Balaban J connectivity index is 1.98. The van der Waals surface area contributed by atoms with Gasteiger partial charge in [0.25, 0.3) is 5.91 Å². The average Bonchev–Trinajstić information content (AvgIpc) is 2.67. The molecule has 0 heterocycles. The molecule has 0 aromatic heterocycles. The molecule has 0 aliphatic heterocycles. The van der Waals surface area contributed by atoms with Crippen LogP contribution in [0.15, 0.2) is 42.5 Å². The molecule has 0 radical (unpaired) electrons. The number of nitrogens with zero attached hydrogens (tertiary/aromatic N) is 1. The SMILES string of the molecule is CCOc1ccc(C(=O)O[C@@H](C)C(=O)NCc2ccc(F)cc2)cc1[N+](=O)[O-]. The van der Waals surface area contributed by atoms with Crippen molar-refractivity contribution < 1.29 is 28.4 Å². The number of nitrogens with one attached hydrogen (secondary N) is 1. The molecule has 0 saturated carbocycles. The van der Waals surface area contributed by atoms with Crippen molar-refractivity contribution in [1.29, 1.82) is 0 Å². The molecule has 28 heavy (non-hydrogen) atoms. The van der Waals surface area contributed by atoms with Crippen LogP contribution >= 0.6 is 0 Å². The predicted molar refractivity (Wildman–Crippen MR) is 97.4 cm³/mol. The molecular weight excluding hydrogens is 371 g/mol. The van der Waals surface area contributed by atoms with E-state index >= 15 is 0 Å². The van der Waals surface area contributed by atoms with Crippen molar-refractivity contribution in [3.63, 3.8) is 0 Å². The van der Waals surface area contributed by atoms with Crippen LogP contribution in [0.2, 0.25) is 0 Å². The number of carbonyl (C=O) groups excluding carboxylic acids is 2. The second-order valence-corrected chi connectivity index (χ2v) is 5.76. The minimum atomic E-state index is -1.13. The Bertz CT molecular complexity index is 869. The van der Waals surface area contributed by atoms with Crippen LogP contribution < -0.4 is 10.1 Å². The van der Waals surface area contributed by atoms with Crippen LogP contribution in [0.3, 0.4) is 0 Å². The molecule has 9 heteroatoms. The predicted octanol–water partition coefficient (Wildman–Crippen LogP) is 2.99. The van der Waals surface area contributed by atoms with E-state index in [2.05, 4.69) is 5.32 Å². The Kier molecular flexibility index (Phi) is 7.02. The van der Waals surface area contributed by atoms with Gasteiger partial charge < -0.3 is 14.8 Å². The Morgan fingerprint density at radius 2 is 1.89 bits per heavy atom. The lowest BCUT2D eigenvalue weighted by molar-refractivity contribution is -0.385. The number of nitro benzene ring substituents is 1. The summed E-state index contributed by atoms with van der Waals surface area (Å²) in [6.07, 6.45) is -1.13. The molecule has 0 aliphatic carbocycles. The first-order valence-electron chi connectivity index (χ1n) is 8.46. The number of nitro groups is 1. The normalized spacial score (nSPS) is 11.4. The number of carbonyl (C=O) groups is 2. The lowest BCUT2D eigenvalue weighted by Gasteiger charge is -2.14. The minimum absolute atomic E-state index is 0.0362. The van der Waals surface area contributed by atoms with Crippen LogP contribution in [0.5, 0.6) is 5.75 Å². The topological polar surface area (TPSA) is 108 Å². The van der Waals surface area contributed by atoms with Gasteiger partial charge in [-0.3, -0.25) is 14.9 Å². The highest BCUT2D eigenvalue weighted by molar-refractivity contribution is 5.93. The molecule has 0 fully saturated rings. The molecule has 0 saturated heterocycles. The van der Waals surface area contributed by atoms with E-state index in [4.69, 9.17) is 9.47 Å². The molecule has 1 N–H and O–H groups in total. The molecule has 0 spiro atoms. The third kappa shape index (κ3) is 5.50. The molecule has 2 aromatic rings. The average molecular weight is 390 g/mol. The molecule has 1 atom stereocenters. The van der Waals surface area contributed by atoms with Crippen LogP contribution in [-0.4, -0.2) is 29.5 Å². The number of benzene rings is 2. The largest absolute Gasteiger partial charge is 0.487 e. The molecule has 2 rings (SSSR count). The third-order valence-electron chi connectivity index (χ3n) is 3.72. The fourth-order valence-electron chi connectivity index (χ4n) is 2.28. The van der Waals surface area contributed by atoms with E-state index in [1.807, 2.05) is 0 Å². The highest BCUT2D eigenvalue weighted by Gasteiger charge is 2.22. The first-order chi connectivity index (χ1) is 13.3. The van der Waals surface area contributed by atoms with Crippen LogP contribution in [-0.2, 0) is 16.1 Å². The van der Waals surface area contributed by atoms with Crippen molar-refractivity contribution in [3.05, 3.63) is 69.5 Å². The summed E-state index contributed by atoms with van der Waals surface area (Å²) in [5, 5.41) is 13.7. The van der Waals surface area contributed by atoms with Gasteiger partial charge in [0.05, 0.1) is 17.1 Å². The summed E-state index contributed by atoms with van der Waals surface area (Å²) >= 11 is 0. The van der Waals surface area contributed by atoms with E-state index in [-0.39, 0.29) is 36.0 Å². The van der Waals surface area contributed by atoms with Crippen molar-refractivity contribution >= 4 is 17.6 Å². The molecule has 2 aromatic carbocycles. The van der Waals surface area contributed by atoms with E-state index in [9.17, 15) is 24.1 Å². The van der Waals surface area contributed by atoms with Crippen molar-refractivity contribution in [2.75, 3.05) is 6.61 Å². The first-order valence-corrected chi connectivity index (χ1v) is 8.46. The van der Waals surface area contributed by atoms with Gasteiger partial charge in [-0.2, -0.15) is 0 Å². The summed E-state index contributed by atoms with van der Waals surface area (Å²) in [4.78, 5) is 34.7. The zero-order valence-electron chi connectivity index (χ0n) is 15.3. The molecule has 148 valence electrons. The zero-order chi connectivity index (χ0) is 20.7. The van der Waals surface area contributed by atoms with Gasteiger partial charge in [0, 0.05) is 12.6 Å². The van der Waals surface area contributed by atoms with Gasteiger partial charge in [-0.15, -0.1) is 0 Å². The van der Waals surface area contributed by atoms with Gasteiger partial charge >= 0.3 is 11.7 Å². The van der Waals surface area contributed by atoms with Crippen LogP contribution in [0.25, 0.3) is 0 Å². The quantitative estimate of drug-likeness (QED) is 0.422. The number of rotatable bonds is 8. The fourth-order valence-corrected chi connectivity index (χ4v) is 2.28. The fraction of sp³-hybridized carbons (Fsp3) is 0.263. The third-order valence-corrected chi connectivity index (χ3v) is 3.72. The first kappa shape index (κ1) is 20.8. The summed E-state index contributed by atoms with van der Waals surface area (Å²) in [6, 6.07) is 9.24. The van der Waals surface area contributed by atoms with Gasteiger partial charge in [-0.1, -0.05) is 12.1 Å². The van der Waals surface area contributed by atoms with Crippen molar-refractivity contribution in [2.45, 2.75) is 26.5 Å². The smallest absolute Gasteiger partial charge is 0.339 e. The number of amides is 1. The van der Waals surface area contributed by atoms with E-state index in [1.165, 1.54) is 43.3 Å². The second-order valence-electron chi connectivity index (χ2n) is 5.76. The van der Waals surface area contributed by atoms with Crippen LogP contribution in [0, 0.1) is 15.9 Å². The van der Waals surface area contributed by atoms with Crippen molar-refractivity contribution in [2.24, 2.45) is 0 Å². The van der Waals surface area contributed by atoms with Crippen molar-refractivity contribution in [3.8, 4) is 5.75 Å². The van der Waals surface area contributed by atoms with Gasteiger partial charge in [0.2, 0.25) is 0 Å². The second kappa shape index (κ2) is 9.45. The monoisotopic (exact) mass is 390 g/mol. The Labute approximate surface area is 160 Å². The van der Waals surface area contributed by atoms with E-state index in [0.29, 0.717) is 5.56 Å². The van der Waals surface area contributed by atoms with Gasteiger partial charge in [0.1, 0.15) is 5.82 Å². The molecule has 1 amide bonds. The maximum absolute atomic E-state index is 12.9. The maximum Gasteiger partial charge on any atom is 0.339 e. The number of hydrogen-bond donors (Lipinski definition) is 1. The van der Waals surface area contributed by atoms with Crippen molar-refractivity contribution in [1.82, 2.24) is 5.32 Å². The highest BCUT2D eigenvalue weighted by atomic mass is 19.1. The summed E-state index contributed by atoms with van der Waals surface area (Å²) in [5.74, 6) is -1.79. The summed E-state index contributed by atoms with van der Waals surface area (Å²) in [7, 11) is 0.